The number of rotatable bonds is 4. The molecule has 0 fully saturated rings. The molecular formula is C16H13NO4. The van der Waals surface area contributed by atoms with Crippen molar-refractivity contribution in [3.8, 4) is 17.2 Å². The summed E-state index contributed by atoms with van der Waals surface area (Å²) in [6.45, 7) is 1.47. The lowest BCUT2D eigenvalue weighted by molar-refractivity contribution is -0.144. The minimum absolute atomic E-state index is 0.438. The lowest BCUT2D eigenvalue weighted by Crippen LogP contribution is -2.22. The van der Waals surface area contributed by atoms with E-state index in [0.29, 0.717) is 22.7 Å². The van der Waals surface area contributed by atoms with Crippen LogP contribution >= 0.6 is 0 Å². The molecule has 2 aromatic carbocycles. The number of carboxylic acids is 1. The fourth-order valence-electron chi connectivity index (χ4n) is 1.94. The van der Waals surface area contributed by atoms with E-state index < -0.39 is 12.1 Å². The maximum absolute atomic E-state index is 10.8. The first-order valence-corrected chi connectivity index (χ1v) is 6.49. The summed E-state index contributed by atoms with van der Waals surface area (Å²) in [6.07, 6.45) is -0.918. The van der Waals surface area contributed by atoms with Gasteiger partial charge in [0, 0.05) is 11.6 Å². The van der Waals surface area contributed by atoms with Gasteiger partial charge in [0.05, 0.1) is 0 Å². The maximum atomic E-state index is 10.8. The SMILES string of the molecule is CC(Oc1ccc2nc(-c3ccccc3)oc2c1)C(=O)O. The molecule has 21 heavy (non-hydrogen) atoms. The molecule has 5 heteroatoms. The number of hydrogen-bond donors (Lipinski definition) is 1. The minimum atomic E-state index is -1.02. The highest BCUT2D eigenvalue weighted by atomic mass is 16.5. The second kappa shape index (κ2) is 5.28. The Kier molecular flexibility index (Phi) is 3.31. The van der Waals surface area contributed by atoms with Gasteiger partial charge < -0.3 is 14.3 Å². The number of carbonyl (C=O) groups is 1. The molecule has 0 aliphatic carbocycles. The summed E-state index contributed by atoms with van der Waals surface area (Å²) in [5.41, 5.74) is 2.14. The third kappa shape index (κ3) is 2.72. The molecule has 0 aliphatic heterocycles. The normalized spacial score (nSPS) is 12.2. The van der Waals surface area contributed by atoms with Crippen molar-refractivity contribution in [1.82, 2.24) is 4.98 Å². The van der Waals surface area contributed by atoms with Crippen molar-refractivity contribution in [2.24, 2.45) is 0 Å². The molecule has 1 unspecified atom stereocenters. The molecule has 1 atom stereocenters. The zero-order valence-corrected chi connectivity index (χ0v) is 11.3. The maximum Gasteiger partial charge on any atom is 0.344 e. The van der Waals surface area contributed by atoms with E-state index in [4.69, 9.17) is 14.3 Å². The fraction of sp³-hybridized carbons (Fsp3) is 0.125. The molecule has 0 amide bonds. The molecule has 1 heterocycles. The molecular weight excluding hydrogens is 270 g/mol. The molecule has 3 rings (SSSR count). The molecule has 0 saturated heterocycles. The van der Waals surface area contributed by atoms with Crippen LogP contribution in [0.2, 0.25) is 0 Å². The van der Waals surface area contributed by atoms with Crippen LogP contribution in [-0.2, 0) is 4.79 Å². The number of aromatic nitrogens is 1. The molecule has 3 aromatic rings. The Morgan fingerprint density at radius 2 is 2.00 bits per heavy atom. The van der Waals surface area contributed by atoms with E-state index in [1.807, 2.05) is 30.3 Å². The number of aliphatic carboxylic acids is 1. The van der Waals surface area contributed by atoms with Gasteiger partial charge in [-0.1, -0.05) is 18.2 Å². The Morgan fingerprint density at radius 3 is 2.71 bits per heavy atom. The quantitative estimate of drug-likeness (QED) is 0.795. The first-order chi connectivity index (χ1) is 10.1. The average molecular weight is 283 g/mol. The number of hydrogen-bond acceptors (Lipinski definition) is 4. The second-order valence-corrected chi connectivity index (χ2v) is 4.61. The predicted molar refractivity (Wildman–Crippen MR) is 77.2 cm³/mol. The Hall–Kier alpha value is -2.82. The monoisotopic (exact) mass is 283 g/mol. The molecule has 1 N–H and O–H groups in total. The highest BCUT2D eigenvalue weighted by molar-refractivity contribution is 5.78. The van der Waals surface area contributed by atoms with Crippen LogP contribution in [0.5, 0.6) is 5.75 Å². The van der Waals surface area contributed by atoms with Gasteiger partial charge in [-0.3, -0.25) is 0 Å². The van der Waals surface area contributed by atoms with Crippen molar-refractivity contribution in [1.29, 1.82) is 0 Å². The molecule has 0 aliphatic rings. The van der Waals surface area contributed by atoms with Gasteiger partial charge in [0.2, 0.25) is 5.89 Å². The number of ether oxygens (including phenoxy) is 1. The summed E-state index contributed by atoms with van der Waals surface area (Å²) in [5, 5.41) is 8.85. The van der Waals surface area contributed by atoms with Crippen molar-refractivity contribution >= 4 is 17.1 Å². The van der Waals surface area contributed by atoms with Gasteiger partial charge in [-0.2, -0.15) is 0 Å². The van der Waals surface area contributed by atoms with Crippen molar-refractivity contribution in [3.63, 3.8) is 0 Å². The van der Waals surface area contributed by atoms with Crippen LogP contribution in [0.15, 0.2) is 52.9 Å². The lowest BCUT2D eigenvalue weighted by atomic mass is 10.2. The molecule has 106 valence electrons. The smallest absolute Gasteiger partial charge is 0.344 e. The van der Waals surface area contributed by atoms with E-state index >= 15 is 0 Å². The Balaban J connectivity index is 1.94. The van der Waals surface area contributed by atoms with E-state index in [9.17, 15) is 4.79 Å². The molecule has 1 aromatic heterocycles. The van der Waals surface area contributed by atoms with E-state index in [-0.39, 0.29) is 0 Å². The lowest BCUT2D eigenvalue weighted by Gasteiger charge is -2.09. The zero-order valence-electron chi connectivity index (χ0n) is 11.3. The fourth-order valence-corrected chi connectivity index (χ4v) is 1.94. The predicted octanol–water partition coefficient (Wildman–Crippen LogP) is 3.35. The molecule has 0 radical (unpaired) electrons. The summed E-state index contributed by atoms with van der Waals surface area (Å²) in [7, 11) is 0. The summed E-state index contributed by atoms with van der Waals surface area (Å²) in [5.74, 6) is -0.0557. The van der Waals surface area contributed by atoms with Gasteiger partial charge in [0.1, 0.15) is 11.3 Å². The zero-order chi connectivity index (χ0) is 14.8. The van der Waals surface area contributed by atoms with Crippen LogP contribution < -0.4 is 4.74 Å². The number of carboxylic acid groups (broad SMARTS) is 1. The average Bonchev–Trinajstić information content (AvgIpc) is 2.91. The first-order valence-electron chi connectivity index (χ1n) is 6.49. The van der Waals surface area contributed by atoms with Crippen molar-refractivity contribution in [3.05, 3.63) is 48.5 Å². The van der Waals surface area contributed by atoms with Gasteiger partial charge in [0.15, 0.2) is 11.7 Å². The van der Waals surface area contributed by atoms with Crippen LogP contribution in [0.3, 0.4) is 0 Å². The van der Waals surface area contributed by atoms with Crippen LogP contribution in [0.4, 0.5) is 0 Å². The minimum Gasteiger partial charge on any atom is -0.479 e. The standard InChI is InChI=1S/C16H13NO4/c1-10(16(18)19)20-12-7-8-13-14(9-12)21-15(17-13)11-5-3-2-4-6-11/h2-10H,1H3,(H,18,19). The number of fused-ring (bicyclic) bond motifs is 1. The number of benzene rings is 2. The molecule has 0 saturated carbocycles. The number of nitrogens with zero attached hydrogens (tertiary/aromatic N) is 1. The highest BCUT2D eigenvalue weighted by Gasteiger charge is 2.14. The molecule has 0 bridgehead atoms. The third-order valence-electron chi connectivity index (χ3n) is 3.04. The van der Waals surface area contributed by atoms with Crippen LogP contribution in [0, 0.1) is 0 Å². The van der Waals surface area contributed by atoms with Gasteiger partial charge in [0.25, 0.3) is 0 Å². The van der Waals surface area contributed by atoms with Gasteiger partial charge >= 0.3 is 5.97 Å². The van der Waals surface area contributed by atoms with E-state index in [0.717, 1.165) is 5.56 Å². The molecule has 0 spiro atoms. The Labute approximate surface area is 120 Å². The van der Waals surface area contributed by atoms with Gasteiger partial charge in [-0.25, -0.2) is 9.78 Å². The second-order valence-electron chi connectivity index (χ2n) is 4.61. The first kappa shape index (κ1) is 13.2. The van der Waals surface area contributed by atoms with Crippen LogP contribution in [0.25, 0.3) is 22.6 Å². The number of oxazole rings is 1. The van der Waals surface area contributed by atoms with E-state index in [1.54, 1.807) is 18.2 Å². The van der Waals surface area contributed by atoms with Gasteiger partial charge in [-0.05, 0) is 31.2 Å². The molecule has 5 nitrogen and oxygen atoms in total. The van der Waals surface area contributed by atoms with Crippen molar-refractivity contribution in [2.75, 3.05) is 0 Å². The topological polar surface area (TPSA) is 72.6 Å². The Morgan fingerprint density at radius 1 is 1.24 bits per heavy atom. The van der Waals surface area contributed by atoms with Crippen LogP contribution in [-0.4, -0.2) is 22.2 Å². The van der Waals surface area contributed by atoms with E-state index in [2.05, 4.69) is 4.98 Å². The summed E-state index contributed by atoms with van der Waals surface area (Å²) < 4.78 is 11.0. The van der Waals surface area contributed by atoms with Crippen LogP contribution in [0.1, 0.15) is 6.92 Å². The van der Waals surface area contributed by atoms with Crippen molar-refractivity contribution in [2.45, 2.75) is 13.0 Å². The Bertz CT molecular complexity index is 779. The highest BCUT2D eigenvalue weighted by Crippen LogP contribution is 2.27. The van der Waals surface area contributed by atoms with Gasteiger partial charge in [-0.15, -0.1) is 0 Å². The van der Waals surface area contributed by atoms with Crippen molar-refractivity contribution < 1.29 is 19.1 Å². The summed E-state index contributed by atoms with van der Waals surface area (Å²) >= 11 is 0. The van der Waals surface area contributed by atoms with E-state index in [1.165, 1.54) is 6.92 Å². The third-order valence-corrected chi connectivity index (χ3v) is 3.04. The largest absolute Gasteiger partial charge is 0.479 e. The summed E-state index contributed by atoms with van der Waals surface area (Å²) in [4.78, 5) is 15.2. The summed E-state index contributed by atoms with van der Waals surface area (Å²) in [6, 6.07) is 14.6.